The van der Waals surface area contributed by atoms with Crippen molar-refractivity contribution in [2.24, 2.45) is 0 Å². The monoisotopic (exact) mass is 452 g/mol. The highest BCUT2D eigenvalue weighted by atomic mass is 35.5. The van der Waals surface area contributed by atoms with Gasteiger partial charge in [0, 0.05) is 12.2 Å². The molecule has 0 aromatic heterocycles. The predicted molar refractivity (Wildman–Crippen MR) is 101 cm³/mol. The van der Waals surface area contributed by atoms with E-state index in [4.69, 9.17) is 11.6 Å². The third-order valence-electron chi connectivity index (χ3n) is 3.94. The molecule has 0 saturated heterocycles. The fourth-order valence-electron chi connectivity index (χ4n) is 2.60. The van der Waals surface area contributed by atoms with Crippen LogP contribution in [-0.2, 0) is 11.0 Å². The highest BCUT2D eigenvalue weighted by Gasteiger charge is 2.33. The fourth-order valence-corrected chi connectivity index (χ4v) is 2.83. The predicted octanol–water partition coefficient (Wildman–Crippen LogP) is 4.56. The van der Waals surface area contributed by atoms with E-state index < -0.39 is 35.4 Å². The Hall–Kier alpha value is -2.43. The quantitative estimate of drug-likeness (QED) is 0.576. The maximum Gasteiger partial charge on any atom is 0.417 e. The van der Waals surface area contributed by atoms with Crippen LogP contribution in [0.1, 0.15) is 17.2 Å². The Morgan fingerprint density at radius 3 is 2.40 bits per heavy atom. The van der Waals surface area contributed by atoms with Crippen LogP contribution in [0.5, 0.6) is 5.75 Å². The highest BCUT2D eigenvalue weighted by molar-refractivity contribution is 6.31. The van der Waals surface area contributed by atoms with Crippen molar-refractivity contribution in [2.75, 3.05) is 25.5 Å². The van der Waals surface area contributed by atoms with Crippen molar-refractivity contribution in [3.63, 3.8) is 0 Å². The minimum Gasteiger partial charge on any atom is -0.435 e. The number of rotatable bonds is 8. The summed E-state index contributed by atoms with van der Waals surface area (Å²) in [5, 5.41) is 12.1. The Labute approximate surface area is 174 Å². The van der Waals surface area contributed by atoms with Crippen molar-refractivity contribution < 1.29 is 36.6 Å². The van der Waals surface area contributed by atoms with Gasteiger partial charge >= 0.3 is 12.8 Å². The number of hydrogen-bond donors (Lipinski definition) is 2. The number of alkyl halides is 5. The minimum atomic E-state index is -4.66. The number of nitrogens with zero attached hydrogens (tertiary/aromatic N) is 1. The molecule has 11 heteroatoms. The fraction of sp³-hybridized carbons (Fsp3) is 0.316. The molecule has 0 fully saturated rings. The van der Waals surface area contributed by atoms with Crippen molar-refractivity contribution in [1.29, 1.82) is 0 Å². The molecule has 2 aromatic carbocycles. The number of likely N-dealkylation sites (N-methyl/N-ethyl adjacent to an activating group) is 1. The number of carbonyl (C=O) groups is 1. The van der Waals surface area contributed by atoms with Crippen LogP contribution in [0.2, 0.25) is 5.02 Å². The summed E-state index contributed by atoms with van der Waals surface area (Å²) in [7, 11) is 1.53. The zero-order valence-electron chi connectivity index (χ0n) is 15.6. The number of aliphatic hydroxyl groups excluding tert-OH is 1. The molecule has 0 radical (unpaired) electrons. The smallest absolute Gasteiger partial charge is 0.417 e. The molecule has 0 bridgehead atoms. The Morgan fingerprint density at radius 1 is 1.20 bits per heavy atom. The van der Waals surface area contributed by atoms with E-state index in [1.807, 2.05) is 0 Å². The number of hydrogen-bond acceptors (Lipinski definition) is 4. The summed E-state index contributed by atoms with van der Waals surface area (Å²) in [5.41, 5.74) is -0.721. The summed E-state index contributed by atoms with van der Waals surface area (Å²) in [5.74, 6) is -0.657. The molecule has 2 rings (SSSR count). The molecule has 1 amide bonds. The third kappa shape index (κ3) is 7.12. The molecule has 2 N–H and O–H groups in total. The Kier molecular flexibility index (Phi) is 7.99. The first-order chi connectivity index (χ1) is 14.0. The van der Waals surface area contributed by atoms with Crippen molar-refractivity contribution in [3.05, 3.63) is 58.6 Å². The van der Waals surface area contributed by atoms with Gasteiger partial charge in [-0.2, -0.15) is 22.0 Å². The molecule has 164 valence electrons. The van der Waals surface area contributed by atoms with Gasteiger partial charge in [0.25, 0.3) is 0 Å². The number of aliphatic hydroxyl groups is 1. The number of nitrogens with one attached hydrogen (secondary N) is 1. The van der Waals surface area contributed by atoms with E-state index in [9.17, 15) is 31.9 Å². The zero-order valence-corrected chi connectivity index (χ0v) is 16.3. The van der Waals surface area contributed by atoms with E-state index in [1.165, 1.54) is 42.3 Å². The van der Waals surface area contributed by atoms with E-state index in [2.05, 4.69) is 10.1 Å². The second kappa shape index (κ2) is 10.1. The summed E-state index contributed by atoms with van der Waals surface area (Å²) in [6.45, 7) is -3.16. The number of anilines is 1. The Morgan fingerprint density at radius 2 is 1.83 bits per heavy atom. The van der Waals surface area contributed by atoms with Gasteiger partial charge in [0.2, 0.25) is 5.91 Å². The molecule has 0 saturated carbocycles. The maximum absolute atomic E-state index is 12.9. The van der Waals surface area contributed by atoms with Crippen LogP contribution in [-0.4, -0.2) is 42.7 Å². The van der Waals surface area contributed by atoms with Crippen LogP contribution >= 0.6 is 11.6 Å². The topological polar surface area (TPSA) is 61.8 Å². The molecule has 0 aliphatic heterocycles. The van der Waals surface area contributed by atoms with Gasteiger partial charge < -0.3 is 15.2 Å². The van der Waals surface area contributed by atoms with Crippen LogP contribution in [0, 0.1) is 0 Å². The first kappa shape index (κ1) is 23.8. The van der Waals surface area contributed by atoms with Gasteiger partial charge in [-0.25, -0.2) is 0 Å². The molecule has 1 unspecified atom stereocenters. The molecule has 0 heterocycles. The Balaban J connectivity index is 1.91. The number of halogens is 6. The summed E-state index contributed by atoms with van der Waals surface area (Å²) >= 11 is 5.54. The molecular weight excluding hydrogens is 435 g/mol. The van der Waals surface area contributed by atoms with Gasteiger partial charge in [0.15, 0.2) is 0 Å². The van der Waals surface area contributed by atoms with Crippen LogP contribution in [0.4, 0.5) is 27.6 Å². The summed E-state index contributed by atoms with van der Waals surface area (Å²) < 4.78 is 67.2. The number of benzene rings is 2. The standard InChI is InChI=1S/C19H18ClF5N2O3/c1-27(9-16(28)11-2-5-13(6-3-11)30-18(21)22)10-17(29)26-12-4-7-15(20)14(8-12)19(23,24)25/h2-8,16,18,28H,9-10H2,1H3,(H,26,29). The molecule has 30 heavy (non-hydrogen) atoms. The molecule has 2 aromatic rings. The SMILES string of the molecule is CN(CC(=O)Nc1ccc(Cl)c(C(F)(F)F)c1)CC(O)c1ccc(OC(F)F)cc1. The maximum atomic E-state index is 12.9. The Bertz CT molecular complexity index is 862. The van der Waals surface area contributed by atoms with Gasteiger partial charge in [-0.1, -0.05) is 23.7 Å². The second-order valence-corrected chi connectivity index (χ2v) is 6.81. The van der Waals surface area contributed by atoms with Gasteiger partial charge in [-0.3, -0.25) is 9.69 Å². The lowest BCUT2D eigenvalue weighted by atomic mass is 10.1. The molecular formula is C19H18ClF5N2O3. The van der Waals surface area contributed by atoms with Crippen LogP contribution in [0.3, 0.4) is 0 Å². The minimum absolute atomic E-state index is 0.0108. The average molecular weight is 453 g/mol. The molecule has 0 spiro atoms. The van der Waals surface area contributed by atoms with Crippen molar-refractivity contribution in [3.8, 4) is 5.75 Å². The van der Waals surface area contributed by atoms with Gasteiger partial charge in [-0.15, -0.1) is 0 Å². The van der Waals surface area contributed by atoms with E-state index in [-0.39, 0.29) is 24.5 Å². The van der Waals surface area contributed by atoms with Crippen molar-refractivity contribution in [1.82, 2.24) is 4.90 Å². The van der Waals surface area contributed by atoms with Crippen molar-refractivity contribution in [2.45, 2.75) is 18.9 Å². The summed E-state index contributed by atoms with van der Waals surface area (Å²) in [6.07, 6.45) is -5.69. The van der Waals surface area contributed by atoms with Gasteiger partial charge in [0.05, 0.1) is 23.2 Å². The van der Waals surface area contributed by atoms with Crippen LogP contribution in [0.15, 0.2) is 42.5 Å². The van der Waals surface area contributed by atoms with Gasteiger partial charge in [-0.05, 0) is 42.9 Å². The molecule has 0 aliphatic rings. The average Bonchev–Trinajstić information content (AvgIpc) is 2.62. The second-order valence-electron chi connectivity index (χ2n) is 6.40. The summed E-state index contributed by atoms with van der Waals surface area (Å²) in [4.78, 5) is 13.5. The van der Waals surface area contributed by atoms with E-state index in [0.717, 1.165) is 12.1 Å². The number of ether oxygens (including phenoxy) is 1. The van der Waals surface area contributed by atoms with E-state index in [1.54, 1.807) is 0 Å². The molecule has 5 nitrogen and oxygen atoms in total. The lowest BCUT2D eigenvalue weighted by Crippen LogP contribution is -2.33. The largest absolute Gasteiger partial charge is 0.435 e. The number of carbonyl (C=O) groups excluding carboxylic acids is 1. The zero-order chi connectivity index (χ0) is 22.5. The van der Waals surface area contributed by atoms with Gasteiger partial charge in [0.1, 0.15) is 5.75 Å². The van der Waals surface area contributed by atoms with Crippen molar-refractivity contribution >= 4 is 23.2 Å². The lowest BCUT2D eigenvalue weighted by Gasteiger charge is -2.21. The summed E-state index contributed by atoms with van der Waals surface area (Å²) in [6, 6.07) is 8.37. The van der Waals surface area contributed by atoms with Crippen LogP contribution in [0.25, 0.3) is 0 Å². The normalized spacial score (nSPS) is 12.9. The van der Waals surface area contributed by atoms with E-state index in [0.29, 0.717) is 5.56 Å². The number of amides is 1. The first-order valence-corrected chi connectivity index (χ1v) is 8.91. The highest BCUT2D eigenvalue weighted by Crippen LogP contribution is 2.36. The third-order valence-corrected chi connectivity index (χ3v) is 4.27. The first-order valence-electron chi connectivity index (χ1n) is 8.53. The lowest BCUT2D eigenvalue weighted by molar-refractivity contribution is -0.137. The molecule has 1 atom stereocenters. The molecule has 0 aliphatic carbocycles. The van der Waals surface area contributed by atoms with E-state index >= 15 is 0 Å². The van der Waals surface area contributed by atoms with Crippen LogP contribution < -0.4 is 10.1 Å².